The van der Waals surface area contributed by atoms with E-state index in [0.29, 0.717) is 11.1 Å². The van der Waals surface area contributed by atoms with E-state index in [1.54, 1.807) is 24.3 Å². The Balaban J connectivity index is 2.17. The normalized spacial score (nSPS) is 10.8. The van der Waals surface area contributed by atoms with Gasteiger partial charge in [-0.1, -0.05) is 12.1 Å². The van der Waals surface area contributed by atoms with Crippen LogP contribution in [-0.4, -0.2) is 19.3 Å². The molecule has 0 spiro atoms. The zero-order valence-corrected chi connectivity index (χ0v) is 10.6. The van der Waals surface area contributed by atoms with Gasteiger partial charge in [0.1, 0.15) is 11.6 Å². The molecule has 0 unspecified atom stereocenters. The van der Waals surface area contributed by atoms with Crippen LogP contribution in [0.5, 0.6) is 0 Å². The van der Waals surface area contributed by atoms with E-state index in [1.165, 1.54) is 13.3 Å². The summed E-state index contributed by atoms with van der Waals surface area (Å²) in [6, 6.07) is 9.52. The van der Waals surface area contributed by atoms with Gasteiger partial charge in [0.15, 0.2) is 0 Å². The summed E-state index contributed by atoms with van der Waals surface area (Å²) in [6.45, 7) is 0. The monoisotopic (exact) mass is 275 g/mol. The zero-order chi connectivity index (χ0) is 14.5. The number of hydrogen-bond donors (Lipinski definition) is 0. The van der Waals surface area contributed by atoms with E-state index in [-0.39, 0.29) is 5.69 Å². The van der Waals surface area contributed by atoms with E-state index < -0.39 is 17.6 Å². The van der Waals surface area contributed by atoms with Gasteiger partial charge >= 0.3 is 5.97 Å². The molecule has 2 rings (SSSR count). The summed E-state index contributed by atoms with van der Waals surface area (Å²) in [5, 5.41) is 0. The highest BCUT2D eigenvalue weighted by molar-refractivity contribution is 5.90. The van der Waals surface area contributed by atoms with Gasteiger partial charge in [-0.05, 0) is 29.8 Å². The molecule has 0 aliphatic heterocycles. The lowest BCUT2D eigenvalue weighted by molar-refractivity contribution is 0.0600. The van der Waals surface area contributed by atoms with Crippen LogP contribution in [0.1, 0.15) is 15.9 Å². The molecule has 2 aromatic rings. The summed E-state index contributed by atoms with van der Waals surface area (Å²) in [4.78, 5) is 15.2. The molecule has 0 aliphatic rings. The predicted octanol–water partition coefficient (Wildman–Crippen LogP) is 3.50. The maximum absolute atomic E-state index is 13.0. The number of carbonyl (C=O) groups is 1. The SMILES string of the molecule is COC(=O)c1ccc(/C=N/c2cc(F)cc(F)c2)cc1. The first-order valence-electron chi connectivity index (χ1n) is 5.77. The van der Waals surface area contributed by atoms with Gasteiger partial charge < -0.3 is 4.74 Å². The number of carbonyl (C=O) groups excluding carboxylic acids is 1. The van der Waals surface area contributed by atoms with E-state index in [9.17, 15) is 13.6 Å². The minimum absolute atomic E-state index is 0.180. The van der Waals surface area contributed by atoms with Gasteiger partial charge in [0.05, 0.1) is 18.4 Å². The summed E-state index contributed by atoms with van der Waals surface area (Å²) >= 11 is 0. The number of hydrogen-bond acceptors (Lipinski definition) is 3. The van der Waals surface area contributed by atoms with Gasteiger partial charge in [0.2, 0.25) is 0 Å². The summed E-state index contributed by atoms with van der Waals surface area (Å²) in [5.74, 6) is -1.79. The quantitative estimate of drug-likeness (QED) is 0.635. The first-order chi connectivity index (χ1) is 9.58. The van der Waals surface area contributed by atoms with Gasteiger partial charge in [-0.3, -0.25) is 4.99 Å². The predicted molar refractivity (Wildman–Crippen MR) is 71.4 cm³/mol. The molecule has 0 aliphatic carbocycles. The third-order valence-electron chi connectivity index (χ3n) is 2.54. The molecule has 0 aromatic heterocycles. The topological polar surface area (TPSA) is 38.7 Å². The highest BCUT2D eigenvalue weighted by Crippen LogP contribution is 2.16. The van der Waals surface area contributed by atoms with E-state index in [1.807, 2.05) is 0 Å². The summed E-state index contributed by atoms with van der Waals surface area (Å²) in [6.07, 6.45) is 1.45. The smallest absolute Gasteiger partial charge is 0.337 e. The van der Waals surface area contributed by atoms with Crippen LogP contribution >= 0.6 is 0 Å². The molecular formula is C15H11F2NO2. The Labute approximate surface area is 114 Å². The van der Waals surface area contributed by atoms with Crippen LogP contribution in [-0.2, 0) is 4.74 Å². The van der Waals surface area contributed by atoms with E-state index in [4.69, 9.17) is 0 Å². The van der Waals surface area contributed by atoms with Crippen molar-refractivity contribution >= 4 is 17.9 Å². The van der Waals surface area contributed by atoms with Gasteiger partial charge in [0.25, 0.3) is 0 Å². The number of nitrogens with zero attached hydrogens (tertiary/aromatic N) is 1. The first-order valence-corrected chi connectivity index (χ1v) is 5.77. The average Bonchev–Trinajstić information content (AvgIpc) is 2.44. The van der Waals surface area contributed by atoms with Crippen molar-refractivity contribution in [3.8, 4) is 0 Å². The van der Waals surface area contributed by atoms with Crippen LogP contribution in [0.15, 0.2) is 47.5 Å². The molecule has 2 aromatic carbocycles. The second-order valence-electron chi connectivity index (χ2n) is 4.00. The van der Waals surface area contributed by atoms with Crippen molar-refractivity contribution in [2.24, 2.45) is 4.99 Å². The number of halogens is 2. The van der Waals surface area contributed by atoms with Crippen LogP contribution in [0, 0.1) is 11.6 Å². The number of benzene rings is 2. The summed E-state index contributed by atoms with van der Waals surface area (Å²) < 4.78 is 30.5. The molecule has 0 heterocycles. The Kier molecular flexibility index (Phi) is 4.20. The van der Waals surface area contributed by atoms with Gasteiger partial charge in [-0.25, -0.2) is 13.6 Å². The molecular weight excluding hydrogens is 264 g/mol. The van der Waals surface area contributed by atoms with Crippen molar-refractivity contribution in [1.29, 1.82) is 0 Å². The molecule has 0 bridgehead atoms. The Hall–Kier alpha value is -2.56. The lowest BCUT2D eigenvalue weighted by atomic mass is 10.1. The zero-order valence-electron chi connectivity index (χ0n) is 10.6. The van der Waals surface area contributed by atoms with E-state index >= 15 is 0 Å². The standard InChI is InChI=1S/C15H11F2NO2/c1-20-15(19)11-4-2-10(3-5-11)9-18-14-7-12(16)6-13(17)8-14/h2-9H,1H3/b18-9+. The fourth-order valence-corrected chi connectivity index (χ4v) is 1.59. The van der Waals surface area contributed by atoms with Crippen molar-refractivity contribution in [3.63, 3.8) is 0 Å². The molecule has 0 radical (unpaired) electrons. The third kappa shape index (κ3) is 3.47. The second-order valence-corrected chi connectivity index (χ2v) is 4.00. The van der Waals surface area contributed by atoms with E-state index in [0.717, 1.165) is 18.2 Å². The minimum atomic E-state index is -0.682. The lowest BCUT2D eigenvalue weighted by Crippen LogP contribution is -2.00. The highest BCUT2D eigenvalue weighted by atomic mass is 19.1. The van der Waals surface area contributed by atoms with Crippen LogP contribution in [0.3, 0.4) is 0 Å². The van der Waals surface area contributed by atoms with Gasteiger partial charge in [-0.15, -0.1) is 0 Å². The van der Waals surface area contributed by atoms with Gasteiger partial charge in [0, 0.05) is 12.3 Å². The molecule has 20 heavy (non-hydrogen) atoms. The Morgan fingerprint density at radius 2 is 1.70 bits per heavy atom. The molecule has 0 atom stereocenters. The van der Waals surface area contributed by atoms with Crippen molar-refractivity contribution < 1.29 is 18.3 Å². The second kappa shape index (κ2) is 6.06. The Morgan fingerprint density at radius 1 is 1.10 bits per heavy atom. The fourth-order valence-electron chi connectivity index (χ4n) is 1.59. The number of aliphatic imine (C=N–C) groups is 1. The minimum Gasteiger partial charge on any atom is -0.465 e. The van der Waals surface area contributed by atoms with E-state index in [2.05, 4.69) is 9.73 Å². The molecule has 3 nitrogen and oxygen atoms in total. The van der Waals surface area contributed by atoms with Crippen molar-refractivity contribution in [1.82, 2.24) is 0 Å². The Morgan fingerprint density at radius 3 is 2.25 bits per heavy atom. The first kappa shape index (κ1) is 13.9. The van der Waals surface area contributed by atoms with Crippen LogP contribution in [0.25, 0.3) is 0 Å². The number of methoxy groups -OCH3 is 1. The third-order valence-corrected chi connectivity index (χ3v) is 2.54. The summed E-state index contributed by atoms with van der Waals surface area (Å²) in [5.41, 5.74) is 1.29. The van der Waals surface area contributed by atoms with Crippen molar-refractivity contribution in [2.45, 2.75) is 0 Å². The highest BCUT2D eigenvalue weighted by Gasteiger charge is 2.03. The summed E-state index contributed by atoms with van der Waals surface area (Å²) in [7, 11) is 1.30. The number of rotatable bonds is 3. The lowest BCUT2D eigenvalue weighted by Gasteiger charge is -1.99. The van der Waals surface area contributed by atoms with Crippen molar-refractivity contribution in [2.75, 3.05) is 7.11 Å². The molecule has 5 heteroatoms. The molecule has 0 N–H and O–H groups in total. The van der Waals surface area contributed by atoms with Gasteiger partial charge in [-0.2, -0.15) is 0 Å². The molecule has 102 valence electrons. The van der Waals surface area contributed by atoms with Crippen molar-refractivity contribution in [3.05, 3.63) is 65.2 Å². The fraction of sp³-hybridized carbons (Fsp3) is 0.0667. The maximum atomic E-state index is 13.0. The largest absolute Gasteiger partial charge is 0.465 e. The molecule has 0 saturated carbocycles. The molecule has 0 saturated heterocycles. The number of ether oxygens (including phenoxy) is 1. The van der Waals surface area contributed by atoms with Crippen LogP contribution in [0.2, 0.25) is 0 Å². The maximum Gasteiger partial charge on any atom is 0.337 e. The molecule has 0 amide bonds. The molecule has 0 fully saturated rings. The van der Waals surface area contributed by atoms with Crippen LogP contribution in [0.4, 0.5) is 14.5 Å². The average molecular weight is 275 g/mol. The van der Waals surface area contributed by atoms with Crippen LogP contribution < -0.4 is 0 Å². The Bertz CT molecular complexity index is 631. The number of esters is 1.